The van der Waals surface area contributed by atoms with E-state index in [1.165, 1.54) is 5.56 Å². The minimum absolute atomic E-state index is 0.714. The molecule has 0 aliphatic rings. The van der Waals surface area contributed by atoms with Crippen LogP contribution in [0.3, 0.4) is 0 Å². The number of nitrogens with zero attached hydrogens (tertiary/aromatic N) is 3. The summed E-state index contributed by atoms with van der Waals surface area (Å²) in [4.78, 5) is 0. The van der Waals surface area contributed by atoms with Gasteiger partial charge in [0.15, 0.2) is 0 Å². The van der Waals surface area contributed by atoms with Gasteiger partial charge in [-0.15, -0.1) is 5.10 Å². The van der Waals surface area contributed by atoms with Gasteiger partial charge in [0.25, 0.3) is 0 Å². The molecule has 1 N–H and O–H groups in total. The van der Waals surface area contributed by atoms with Crippen LogP contribution in [0.15, 0.2) is 28.9 Å². The maximum atomic E-state index is 3.88. The minimum atomic E-state index is 0.714. The molecule has 0 saturated carbocycles. The molecular formula is C11H13BrN4. The van der Waals surface area contributed by atoms with Crippen molar-refractivity contribution in [2.75, 3.05) is 5.32 Å². The monoisotopic (exact) mass is 280 g/mol. The molecule has 1 heterocycles. The summed E-state index contributed by atoms with van der Waals surface area (Å²) >= 11 is 3.51. The van der Waals surface area contributed by atoms with Crippen molar-refractivity contribution >= 4 is 21.6 Å². The van der Waals surface area contributed by atoms with Crippen molar-refractivity contribution in [1.29, 1.82) is 0 Å². The highest BCUT2D eigenvalue weighted by atomic mass is 79.9. The Bertz CT molecular complexity index is 492. The van der Waals surface area contributed by atoms with Crippen LogP contribution in [0.4, 0.5) is 5.69 Å². The van der Waals surface area contributed by atoms with Gasteiger partial charge >= 0.3 is 0 Å². The molecular weight excluding hydrogens is 268 g/mol. The molecule has 0 aliphatic carbocycles. The summed E-state index contributed by atoms with van der Waals surface area (Å²) in [7, 11) is 1.88. The molecule has 1 aromatic carbocycles. The number of aromatic nitrogens is 3. The van der Waals surface area contributed by atoms with Gasteiger partial charge in [-0.25, -0.2) is 0 Å². The number of rotatable bonds is 3. The SMILES string of the molecule is Cc1ccc(Br)c(NCc2cnnn2C)c1. The molecule has 2 rings (SSSR count). The molecule has 0 aliphatic heterocycles. The second-order valence-electron chi connectivity index (χ2n) is 3.69. The van der Waals surface area contributed by atoms with Crippen LogP contribution in [-0.4, -0.2) is 15.0 Å². The van der Waals surface area contributed by atoms with E-state index in [1.54, 1.807) is 10.9 Å². The first-order valence-electron chi connectivity index (χ1n) is 5.00. The van der Waals surface area contributed by atoms with Crippen molar-refractivity contribution in [3.63, 3.8) is 0 Å². The quantitative estimate of drug-likeness (QED) is 0.940. The normalized spacial score (nSPS) is 10.4. The van der Waals surface area contributed by atoms with Gasteiger partial charge in [-0.1, -0.05) is 11.3 Å². The lowest BCUT2D eigenvalue weighted by Gasteiger charge is -2.09. The van der Waals surface area contributed by atoms with E-state index in [0.29, 0.717) is 6.54 Å². The number of hydrogen-bond donors (Lipinski definition) is 1. The van der Waals surface area contributed by atoms with Gasteiger partial charge in [0.2, 0.25) is 0 Å². The lowest BCUT2D eigenvalue weighted by atomic mass is 10.2. The van der Waals surface area contributed by atoms with Crippen molar-refractivity contribution < 1.29 is 0 Å². The van der Waals surface area contributed by atoms with Crippen LogP contribution < -0.4 is 5.32 Å². The van der Waals surface area contributed by atoms with Crippen LogP contribution >= 0.6 is 15.9 Å². The van der Waals surface area contributed by atoms with E-state index in [1.807, 2.05) is 13.1 Å². The van der Waals surface area contributed by atoms with E-state index in [9.17, 15) is 0 Å². The van der Waals surface area contributed by atoms with E-state index in [0.717, 1.165) is 15.9 Å². The first-order valence-corrected chi connectivity index (χ1v) is 5.79. The fourth-order valence-electron chi connectivity index (χ4n) is 1.43. The van der Waals surface area contributed by atoms with Gasteiger partial charge in [0.1, 0.15) is 0 Å². The molecule has 0 spiro atoms. The average Bonchev–Trinajstić information content (AvgIpc) is 2.66. The third-order valence-corrected chi connectivity index (χ3v) is 3.08. The van der Waals surface area contributed by atoms with E-state index in [-0.39, 0.29) is 0 Å². The first kappa shape index (κ1) is 11.1. The summed E-state index contributed by atoms with van der Waals surface area (Å²) < 4.78 is 2.82. The standard InChI is InChI=1S/C11H13BrN4/c1-8-3-4-10(12)11(5-8)13-6-9-7-14-15-16(9)2/h3-5,7,13H,6H2,1-2H3. The molecule has 16 heavy (non-hydrogen) atoms. The van der Waals surface area contributed by atoms with Crippen LogP contribution in [-0.2, 0) is 13.6 Å². The first-order chi connectivity index (χ1) is 7.66. The zero-order valence-electron chi connectivity index (χ0n) is 9.24. The number of hydrogen-bond acceptors (Lipinski definition) is 3. The predicted octanol–water partition coefficient (Wildman–Crippen LogP) is 2.50. The molecule has 1 aromatic heterocycles. The Morgan fingerprint density at radius 3 is 2.94 bits per heavy atom. The highest BCUT2D eigenvalue weighted by Gasteiger charge is 2.02. The molecule has 0 bridgehead atoms. The lowest BCUT2D eigenvalue weighted by Crippen LogP contribution is -2.05. The third kappa shape index (κ3) is 2.41. The van der Waals surface area contributed by atoms with E-state index < -0.39 is 0 Å². The van der Waals surface area contributed by atoms with Crippen molar-refractivity contribution in [2.45, 2.75) is 13.5 Å². The van der Waals surface area contributed by atoms with Crippen molar-refractivity contribution in [1.82, 2.24) is 15.0 Å². The summed E-state index contributed by atoms with van der Waals surface area (Å²) in [6.45, 7) is 2.79. The minimum Gasteiger partial charge on any atom is -0.378 e. The lowest BCUT2D eigenvalue weighted by molar-refractivity contribution is 0.683. The smallest absolute Gasteiger partial charge is 0.0774 e. The van der Waals surface area contributed by atoms with Crippen LogP contribution in [0.2, 0.25) is 0 Å². The third-order valence-electron chi connectivity index (χ3n) is 2.39. The zero-order chi connectivity index (χ0) is 11.5. The summed E-state index contributed by atoms with van der Waals surface area (Å²) in [5, 5.41) is 11.1. The maximum Gasteiger partial charge on any atom is 0.0774 e. The Hall–Kier alpha value is -1.36. The molecule has 0 amide bonds. The van der Waals surface area contributed by atoms with Gasteiger partial charge in [0, 0.05) is 17.2 Å². The largest absolute Gasteiger partial charge is 0.378 e. The average molecular weight is 281 g/mol. The Labute approximate surface area is 103 Å². The van der Waals surface area contributed by atoms with Crippen LogP contribution in [0.5, 0.6) is 0 Å². The zero-order valence-corrected chi connectivity index (χ0v) is 10.8. The van der Waals surface area contributed by atoms with Crippen LogP contribution in [0, 0.1) is 6.92 Å². The number of anilines is 1. The summed E-state index contributed by atoms with van der Waals surface area (Å²) in [6, 6.07) is 6.22. The highest BCUT2D eigenvalue weighted by molar-refractivity contribution is 9.10. The molecule has 84 valence electrons. The Kier molecular flexibility index (Phi) is 3.24. The van der Waals surface area contributed by atoms with E-state index >= 15 is 0 Å². The second kappa shape index (κ2) is 4.65. The number of benzene rings is 1. The van der Waals surface area contributed by atoms with Gasteiger partial charge in [-0.2, -0.15) is 0 Å². The fourth-order valence-corrected chi connectivity index (χ4v) is 1.82. The molecule has 0 atom stereocenters. The van der Waals surface area contributed by atoms with Crippen LogP contribution in [0.1, 0.15) is 11.3 Å². The molecule has 4 nitrogen and oxygen atoms in total. The Balaban J connectivity index is 2.10. The summed E-state index contributed by atoms with van der Waals surface area (Å²) in [5.41, 5.74) is 3.36. The van der Waals surface area contributed by atoms with Crippen molar-refractivity contribution in [3.05, 3.63) is 40.1 Å². The van der Waals surface area contributed by atoms with E-state index in [2.05, 4.69) is 50.6 Å². The molecule has 0 fully saturated rings. The Morgan fingerprint density at radius 2 is 2.25 bits per heavy atom. The van der Waals surface area contributed by atoms with Crippen LogP contribution in [0.25, 0.3) is 0 Å². The van der Waals surface area contributed by atoms with Gasteiger partial charge in [-0.05, 0) is 40.5 Å². The number of halogens is 1. The van der Waals surface area contributed by atoms with Crippen molar-refractivity contribution in [3.8, 4) is 0 Å². The van der Waals surface area contributed by atoms with Gasteiger partial charge in [0.05, 0.1) is 18.4 Å². The molecule has 0 unspecified atom stereocenters. The number of aryl methyl sites for hydroxylation is 2. The predicted molar refractivity (Wildman–Crippen MR) is 67.2 cm³/mol. The second-order valence-corrected chi connectivity index (χ2v) is 4.54. The van der Waals surface area contributed by atoms with Crippen molar-refractivity contribution in [2.24, 2.45) is 7.05 Å². The Morgan fingerprint density at radius 1 is 1.44 bits per heavy atom. The molecule has 2 aromatic rings. The van der Waals surface area contributed by atoms with Gasteiger partial charge in [-0.3, -0.25) is 4.68 Å². The number of nitrogens with one attached hydrogen (secondary N) is 1. The van der Waals surface area contributed by atoms with E-state index in [4.69, 9.17) is 0 Å². The fraction of sp³-hybridized carbons (Fsp3) is 0.273. The summed E-state index contributed by atoms with van der Waals surface area (Å²) in [5.74, 6) is 0. The maximum absolute atomic E-state index is 3.88. The van der Waals surface area contributed by atoms with Gasteiger partial charge < -0.3 is 5.32 Å². The molecule has 0 radical (unpaired) electrons. The topological polar surface area (TPSA) is 42.7 Å². The highest BCUT2D eigenvalue weighted by Crippen LogP contribution is 2.23. The molecule has 5 heteroatoms. The molecule has 0 saturated heterocycles. The summed E-state index contributed by atoms with van der Waals surface area (Å²) in [6.07, 6.45) is 1.76.